The van der Waals surface area contributed by atoms with E-state index >= 15 is 0 Å². The largest absolute Gasteiger partial charge is 0.457 e. The van der Waals surface area contributed by atoms with Gasteiger partial charge in [0, 0.05) is 11.1 Å². The van der Waals surface area contributed by atoms with Gasteiger partial charge in [-0.3, -0.25) is 4.79 Å². The molecular formula is C26H18N5O2+. The molecule has 0 aliphatic rings. The van der Waals surface area contributed by atoms with Crippen molar-refractivity contribution in [3.63, 3.8) is 0 Å². The Morgan fingerprint density at radius 1 is 0.818 bits per heavy atom. The van der Waals surface area contributed by atoms with E-state index in [-0.39, 0.29) is 0 Å². The number of nitrogens with zero attached hydrogens (tertiary/aromatic N) is 4. The molecule has 158 valence electrons. The van der Waals surface area contributed by atoms with E-state index < -0.39 is 5.91 Å². The van der Waals surface area contributed by atoms with Crippen molar-refractivity contribution in [3.05, 3.63) is 109 Å². The number of imidazole rings is 1. The van der Waals surface area contributed by atoms with E-state index in [9.17, 15) is 4.79 Å². The molecule has 7 nitrogen and oxygen atoms in total. The molecule has 1 aromatic heterocycles. The monoisotopic (exact) mass is 432 g/mol. The van der Waals surface area contributed by atoms with E-state index in [1.165, 1.54) is 0 Å². The van der Waals surface area contributed by atoms with Gasteiger partial charge in [-0.25, -0.2) is 4.98 Å². The van der Waals surface area contributed by atoms with Gasteiger partial charge in [-0.05, 0) is 66.7 Å². The first-order valence-corrected chi connectivity index (χ1v) is 10.3. The Morgan fingerprint density at radius 2 is 1.52 bits per heavy atom. The maximum atomic E-state index is 12.0. The van der Waals surface area contributed by atoms with E-state index in [0.29, 0.717) is 11.3 Å². The van der Waals surface area contributed by atoms with Gasteiger partial charge in [0.05, 0.1) is 11.0 Å². The molecule has 1 amide bonds. The Hall–Kier alpha value is -4.87. The molecular weight excluding hydrogens is 414 g/mol. The first-order valence-electron chi connectivity index (χ1n) is 10.3. The van der Waals surface area contributed by atoms with Crippen LogP contribution in [0.5, 0.6) is 11.5 Å². The number of hydrogen-bond acceptors (Lipinski definition) is 4. The second-order valence-electron chi connectivity index (χ2n) is 7.19. The van der Waals surface area contributed by atoms with Gasteiger partial charge in [-0.1, -0.05) is 36.4 Å². The number of rotatable bonds is 5. The molecule has 0 radical (unpaired) electrons. The fourth-order valence-electron chi connectivity index (χ4n) is 3.26. The SMILES string of the molecule is O=C(N=[N+]=Nc1ccc2nc(-c3ccc(Oc4ccccc4)cc3)[nH]c2c1)c1ccccc1. The summed E-state index contributed by atoms with van der Waals surface area (Å²) >= 11 is 0. The predicted octanol–water partition coefficient (Wildman–Crippen LogP) is 6.47. The zero-order valence-electron chi connectivity index (χ0n) is 17.4. The van der Waals surface area contributed by atoms with Crippen molar-refractivity contribution in [3.8, 4) is 22.9 Å². The summed E-state index contributed by atoms with van der Waals surface area (Å²) in [7, 11) is 0. The smallest absolute Gasteiger partial charge is 0.360 e. The first kappa shape index (κ1) is 20.1. The second-order valence-corrected chi connectivity index (χ2v) is 7.19. The van der Waals surface area contributed by atoms with E-state index in [2.05, 4.69) is 25.1 Å². The van der Waals surface area contributed by atoms with Gasteiger partial charge in [0.15, 0.2) is 10.8 Å². The van der Waals surface area contributed by atoms with Crippen molar-refractivity contribution in [2.45, 2.75) is 0 Å². The molecule has 0 spiro atoms. The van der Waals surface area contributed by atoms with Gasteiger partial charge in [0.1, 0.15) is 17.3 Å². The van der Waals surface area contributed by atoms with Gasteiger partial charge in [0.2, 0.25) is 10.0 Å². The number of H-pyrrole nitrogens is 1. The second kappa shape index (κ2) is 9.09. The summed E-state index contributed by atoms with van der Waals surface area (Å²) in [6, 6.07) is 31.5. The van der Waals surface area contributed by atoms with Crippen LogP contribution in [-0.4, -0.2) is 15.9 Å². The molecule has 0 atom stereocenters. The van der Waals surface area contributed by atoms with Crippen LogP contribution in [0, 0.1) is 0 Å². The molecule has 5 rings (SSSR count). The van der Waals surface area contributed by atoms with Crippen LogP contribution in [0.15, 0.2) is 113 Å². The van der Waals surface area contributed by atoms with E-state index in [1.807, 2.05) is 72.8 Å². The Morgan fingerprint density at radius 3 is 2.27 bits per heavy atom. The van der Waals surface area contributed by atoms with Crippen LogP contribution in [0.2, 0.25) is 0 Å². The zero-order valence-corrected chi connectivity index (χ0v) is 17.4. The summed E-state index contributed by atoms with van der Waals surface area (Å²) in [6.07, 6.45) is 0. The molecule has 33 heavy (non-hydrogen) atoms. The molecule has 4 aromatic carbocycles. The minimum atomic E-state index is -0.441. The first-order chi connectivity index (χ1) is 16.2. The van der Waals surface area contributed by atoms with Gasteiger partial charge < -0.3 is 9.72 Å². The number of carbonyl (C=O) groups is 1. The summed E-state index contributed by atoms with van der Waals surface area (Å²) in [4.78, 5) is 23.6. The average molecular weight is 432 g/mol. The van der Waals surface area contributed by atoms with Crippen LogP contribution >= 0.6 is 0 Å². The summed E-state index contributed by atoms with van der Waals surface area (Å²) in [5.41, 5.74) is 3.56. The molecule has 5 aromatic rings. The molecule has 0 saturated heterocycles. The predicted molar refractivity (Wildman–Crippen MR) is 125 cm³/mol. The maximum Gasteiger partial charge on any atom is 0.360 e. The Labute approximate surface area is 189 Å². The summed E-state index contributed by atoms with van der Waals surface area (Å²) in [5, 5.41) is 7.67. The number of nitrogens with one attached hydrogen (secondary N) is 1. The lowest BCUT2D eigenvalue weighted by molar-refractivity contribution is 0.0992. The third-order valence-corrected chi connectivity index (χ3v) is 4.89. The molecule has 0 fully saturated rings. The van der Waals surface area contributed by atoms with Gasteiger partial charge >= 0.3 is 5.91 Å². The lowest BCUT2D eigenvalue weighted by Crippen LogP contribution is -1.93. The molecule has 0 bridgehead atoms. The Kier molecular flexibility index (Phi) is 5.53. The van der Waals surface area contributed by atoms with Gasteiger partial charge in [-0.15, -0.1) is 0 Å². The number of ether oxygens (including phenoxy) is 1. The molecule has 0 aliphatic carbocycles. The number of carbonyl (C=O) groups excluding carboxylic acids is 1. The fourth-order valence-corrected chi connectivity index (χ4v) is 3.26. The maximum absolute atomic E-state index is 12.0. The van der Waals surface area contributed by atoms with Crippen molar-refractivity contribution in [1.29, 1.82) is 0 Å². The Balaban J connectivity index is 1.33. The molecule has 0 saturated carbocycles. The number of fused-ring (bicyclic) bond motifs is 1. The van der Waals surface area contributed by atoms with E-state index in [1.54, 1.807) is 30.3 Å². The highest BCUT2D eigenvalue weighted by Crippen LogP contribution is 2.27. The van der Waals surface area contributed by atoms with Crippen molar-refractivity contribution in [2.75, 3.05) is 0 Å². The highest BCUT2D eigenvalue weighted by Gasteiger charge is 2.10. The Bertz CT molecular complexity index is 1470. The van der Waals surface area contributed by atoms with Crippen LogP contribution in [0.25, 0.3) is 22.4 Å². The van der Waals surface area contributed by atoms with E-state index in [4.69, 9.17) is 4.74 Å². The summed E-state index contributed by atoms with van der Waals surface area (Å²) in [5.74, 6) is 1.82. The lowest BCUT2D eigenvalue weighted by atomic mass is 10.2. The summed E-state index contributed by atoms with van der Waals surface area (Å²) < 4.78 is 5.84. The van der Waals surface area contributed by atoms with Crippen LogP contribution in [0.3, 0.4) is 0 Å². The highest BCUT2D eigenvalue weighted by atomic mass is 16.5. The van der Waals surface area contributed by atoms with Crippen LogP contribution in [0.1, 0.15) is 10.4 Å². The number of aromatic amines is 1. The zero-order chi connectivity index (χ0) is 22.5. The number of para-hydroxylation sites is 1. The van der Waals surface area contributed by atoms with Crippen LogP contribution < -0.4 is 9.65 Å². The van der Waals surface area contributed by atoms with Crippen molar-refractivity contribution >= 4 is 22.6 Å². The standard InChI is InChI=1S/C26H17N5O2/c32-26(19-7-3-1-4-8-19)30-31-29-20-13-16-23-24(17-20)28-25(27-23)18-11-14-22(15-12-18)33-21-9-5-2-6-10-21/h1-17H/p+1. The normalized spacial score (nSPS) is 10.4. The topological polar surface area (TPSA) is 93.8 Å². The number of hydrogen-bond donors (Lipinski definition) is 1. The molecule has 0 unspecified atom stereocenters. The lowest BCUT2D eigenvalue weighted by Gasteiger charge is -2.05. The van der Waals surface area contributed by atoms with E-state index in [0.717, 1.165) is 33.9 Å². The van der Waals surface area contributed by atoms with Crippen molar-refractivity contribution < 1.29 is 9.53 Å². The van der Waals surface area contributed by atoms with Gasteiger partial charge in [0.25, 0.3) is 0 Å². The number of benzene rings is 4. The minimum absolute atomic E-state index is 0.441. The third kappa shape index (κ3) is 4.74. The number of aromatic nitrogens is 2. The molecule has 0 aliphatic heterocycles. The highest BCUT2D eigenvalue weighted by molar-refractivity contribution is 5.94. The van der Waals surface area contributed by atoms with Gasteiger partial charge in [-0.2, -0.15) is 0 Å². The molecule has 7 heteroatoms. The summed E-state index contributed by atoms with van der Waals surface area (Å²) in [6.45, 7) is 0. The van der Waals surface area contributed by atoms with Crippen LogP contribution in [-0.2, 0) is 0 Å². The van der Waals surface area contributed by atoms with Crippen molar-refractivity contribution in [2.24, 2.45) is 10.2 Å². The van der Waals surface area contributed by atoms with Crippen molar-refractivity contribution in [1.82, 2.24) is 14.9 Å². The quantitative estimate of drug-likeness (QED) is 0.255. The number of amides is 1. The average Bonchev–Trinajstić information content (AvgIpc) is 3.29. The fraction of sp³-hybridized carbons (Fsp3) is 0. The minimum Gasteiger partial charge on any atom is -0.457 e. The molecule has 1 N–H and O–H groups in total. The van der Waals surface area contributed by atoms with Crippen LogP contribution in [0.4, 0.5) is 5.69 Å². The third-order valence-electron chi connectivity index (χ3n) is 4.89. The molecule has 1 heterocycles.